The molecule has 0 unspecified atom stereocenters. The number of anilines is 2. The molecule has 0 spiro atoms. The molecule has 0 aliphatic carbocycles. The highest BCUT2D eigenvalue weighted by molar-refractivity contribution is 5.70. The molecule has 0 radical (unpaired) electrons. The van der Waals surface area contributed by atoms with E-state index >= 15 is 0 Å². The van der Waals surface area contributed by atoms with Crippen LogP contribution < -0.4 is 10.2 Å². The Hall–Kier alpha value is -1.71. The molecule has 18 heavy (non-hydrogen) atoms. The summed E-state index contributed by atoms with van der Waals surface area (Å²) in [6.45, 7) is 4.93. The van der Waals surface area contributed by atoms with Crippen molar-refractivity contribution < 1.29 is 9.53 Å². The molecule has 4 nitrogen and oxygen atoms in total. The van der Waals surface area contributed by atoms with Crippen LogP contribution in [-0.2, 0) is 9.53 Å². The van der Waals surface area contributed by atoms with Gasteiger partial charge in [0.2, 0.25) is 0 Å². The molecular formula is C14H22N2O2. The second-order valence-corrected chi connectivity index (χ2v) is 4.38. The first-order valence-corrected chi connectivity index (χ1v) is 6.22. The smallest absolute Gasteiger partial charge is 0.307 e. The van der Waals surface area contributed by atoms with Gasteiger partial charge in [-0.2, -0.15) is 0 Å². The minimum atomic E-state index is -0.162. The monoisotopic (exact) mass is 250 g/mol. The first kappa shape index (κ1) is 14.4. The van der Waals surface area contributed by atoms with Crippen molar-refractivity contribution in [2.24, 2.45) is 0 Å². The number of hydrogen-bond acceptors (Lipinski definition) is 4. The lowest BCUT2D eigenvalue weighted by Gasteiger charge is -2.17. The topological polar surface area (TPSA) is 41.6 Å². The zero-order chi connectivity index (χ0) is 13.5. The molecule has 0 bridgehead atoms. The molecule has 0 amide bonds. The Balaban J connectivity index is 2.53. The maximum atomic E-state index is 11.2. The van der Waals surface area contributed by atoms with Crippen molar-refractivity contribution in [1.82, 2.24) is 0 Å². The number of nitrogens with zero attached hydrogens (tertiary/aromatic N) is 1. The van der Waals surface area contributed by atoms with E-state index in [-0.39, 0.29) is 5.97 Å². The van der Waals surface area contributed by atoms with Crippen molar-refractivity contribution in [1.29, 1.82) is 0 Å². The second kappa shape index (κ2) is 6.89. The van der Waals surface area contributed by atoms with Crippen LogP contribution in [0.3, 0.4) is 0 Å². The largest absolute Gasteiger partial charge is 0.466 e. The molecule has 100 valence electrons. The van der Waals surface area contributed by atoms with E-state index in [1.54, 1.807) is 0 Å². The summed E-state index contributed by atoms with van der Waals surface area (Å²) in [4.78, 5) is 13.3. The van der Waals surface area contributed by atoms with E-state index in [4.69, 9.17) is 4.74 Å². The summed E-state index contributed by atoms with van der Waals surface area (Å²) >= 11 is 0. The second-order valence-electron chi connectivity index (χ2n) is 4.38. The summed E-state index contributed by atoms with van der Waals surface area (Å²) in [5.41, 5.74) is 3.43. The molecule has 0 aliphatic heterocycles. The fraction of sp³-hybridized carbons (Fsp3) is 0.500. The molecule has 4 heteroatoms. The van der Waals surface area contributed by atoms with Crippen LogP contribution in [0.2, 0.25) is 0 Å². The lowest BCUT2D eigenvalue weighted by Crippen LogP contribution is -2.13. The third-order valence-corrected chi connectivity index (χ3v) is 2.65. The molecule has 0 atom stereocenters. The van der Waals surface area contributed by atoms with Crippen LogP contribution in [0.4, 0.5) is 11.4 Å². The standard InChI is InChI=1S/C14H22N2O2/c1-5-18-14(17)8-9-15-12-7-6-11(2)13(10-12)16(3)4/h6-7,10,15H,5,8-9H2,1-4H3. The third-order valence-electron chi connectivity index (χ3n) is 2.65. The van der Waals surface area contributed by atoms with Crippen LogP contribution >= 0.6 is 0 Å². The predicted octanol–water partition coefficient (Wildman–Crippen LogP) is 2.43. The SMILES string of the molecule is CCOC(=O)CCNc1ccc(C)c(N(C)C)c1. The Bertz CT molecular complexity index is 403. The van der Waals surface area contributed by atoms with E-state index in [1.165, 1.54) is 11.3 Å². The molecule has 1 aromatic carbocycles. The Kier molecular flexibility index (Phi) is 5.49. The van der Waals surface area contributed by atoms with Gasteiger partial charge in [-0.15, -0.1) is 0 Å². The number of aryl methyl sites for hydroxylation is 1. The van der Waals surface area contributed by atoms with E-state index in [0.29, 0.717) is 19.6 Å². The van der Waals surface area contributed by atoms with Crippen molar-refractivity contribution >= 4 is 17.3 Å². The summed E-state index contributed by atoms with van der Waals surface area (Å²) in [5, 5.41) is 3.23. The van der Waals surface area contributed by atoms with Crippen molar-refractivity contribution in [2.75, 3.05) is 37.5 Å². The normalized spacial score (nSPS) is 10.0. The molecule has 0 aromatic heterocycles. The summed E-state index contributed by atoms with van der Waals surface area (Å²) in [6.07, 6.45) is 0.388. The van der Waals surface area contributed by atoms with Crippen molar-refractivity contribution in [2.45, 2.75) is 20.3 Å². The van der Waals surface area contributed by atoms with Gasteiger partial charge in [0.1, 0.15) is 0 Å². The number of nitrogens with one attached hydrogen (secondary N) is 1. The van der Waals surface area contributed by atoms with Crippen LogP contribution in [0, 0.1) is 6.92 Å². The van der Waals surface area contributed by atoms with Gasteiger partial charge in [-0.05, 0) is 31.5 Å². The first-order valence-electron chi connectivity index (χ1n) is 6.22. The van der Waals surface area contributed by atoms with Crippen molar-refractivity contribution in [3.63, 3.8) is 0 Å². The predicted molar refractivity (Wildman–Crippen MR) is 75.2 cm³/mol. The molecule has 0 aliphatic rings. The molecule has 1 aromatic rings. The van der Waals surface area contributed by atoms with E-state index in [0.717, 1.165) is 5.69 Å². The van der Waals surface area contributed by atoms with Crippen LogP contribution in [0.25, 0.3) is 0 Å². The van der Waals surface area contributed by atoms with Crippen molar-refractivity contribution in [3.05, 3.63) is 23.8 Å². The van der Waals surface area contributed by atoms with E-state index in [9.17, 15) is 4.79 Å². The number of ether oxygens (including phenoxy) is 1. The number of carbonyl (C=O) groups excluding carboxylic acids is 1. The van der Waals surface area contributed by atoms with Gasteiger partial charge in [-0.25, -0.2) is 0 Å². The number of hydrogen-bond donors (Lipinski definition) is 1. The van der Waals surface area contributed by atoms with Gasteiger partial charge in [-0.3, -0.25) is 4.79 Å². The molecule has 0 fully saturated rings. The van der Waals surface area contributed by atoms with Gasteiger partial charge in [0.15, 0.2) is 0 Å². The minimum absolute atomic E-state index is 0.162. The van der Waals surface area contributed by atoms with E-state index in [2.05, 4.69) is 29.3 Å². The Morgan fingerprint density at radius 1 is 1.39 bits per heavy atom. The van der Waals surface area contributed by atoms with Crippen molar-refractivity contribution in [3.8, 4) is 0 Å². The van der Waals surface area contributed by atoms with Gasteiger partial charge in [0, 0.05) is 32.0 Å². The Labute approximate surface area is 109 Å². The average Bonchev–Trinajstić information content (AvgIpc) is 2.31. The number of carbonyl (C=O) groups is 1. The Morgan fingerprint density at radius 3 is 2.72 bits per heavy atom. The molecule has 0 heterocycles. The quantitative estimate of drug-likeness (QED) is 0.787. The highest BCUT2D eigenvalue weighted by Gasteiger charge is 2.04. The molecular weight excluding hydrogens is 228 g/mol. The fourth-order valence-electron chi connectivity index (χ4n) is 1.74. The fourth-order valence-corrected chi connectivity index (χ4v) is 1.74. The lowest BCUT2D eigenvalue weighted by atomic mass is 10.1. The highest BCUT2D eigenvalue weighted by atomic mass is 16.5. The maximum Gasteiger partial charge on any atom is 0.307 e. The van der Waals surface area contributed by atoms with E-state index in [1.807, 2.05) is 27.1 Å². The third kappa shape index (κ3) is 4.28. The zero-order valence-corrected chi connectivity index (χ0v) is 11.6. The minimum Gasteiger partial charge on any atom is -0.466 e. The van der Waals surface area contributed by atoms with Gasteiger partial charge < -0.3 is 15.0 Å². The first-order chi connectivity index (χ1) is 8.54. The van der Waals surface area contributed by atoms with Gasteiger partial charge in [-0.1, -0.05) is 6.07 Å². The summed E-state index contributed by atoms with van der Waals surface area (Å²) < 4.78 is 4.87. The van der Waals surface area contributed by atoms with Gasteiger partial charge in [0.05, 0.1) is 13.0 Å². The number of rotatable bonds is 6. The number of benzene rings is 1. The maximum absolute atomic E-state index is 11.2. The summed E-state index contributed by atoms with van der Waals surface area (Å²) in [6, 6.07) is 6.18. The highest BCUT2D eigenvalue weighted by Crippen LogP contribution is 2.22. The number of esters is 1. The van der Waals surface area contributed by atoms with E-state index < -0.39 is 0 Å². The van der Waals surface area contributed by atoms with Crippen LogP contribution in [0.1, 0.15) is 18.9 Å². The zero-order valence-electron chi connectivity index (χ0n) is 11.6. The molecule has 1 N–H and O–H groups in total. The van der Waals surface area contributed by atoms with Crippen LogP contribution in [0.5, 0.6) is 0 Å². The average molecular weight is 250 g/mol. The molecule has 1 rings (SSSR count). The van der Waals surface area contributed by atoms with Crippen LogP contribution in [0.15, 0.2) is 18.2 Å². The lowest BCUT2D eigenvalue weighted by molar-refractivity contribution is -0.142. The van der Waals surface area contributed by atoms with Gasteiger partial charge in [0.25, 0.3) is 0 Å². The summed E-state index contributed by atoms with van der Waals surface area (Å²) in [5.74, 6) is -0.162. The molecule has 0 saturated carbocycles. The van der Waals surface area contributed by atoms with Gasteiger partial charge >= 0.3 is 5.97 Å². The Morgan fingerprint density at radius 2 is 2.11 bits per heavy atom. The van der Waals surface area contributed by atoms with Crippen LogP contribution in [-0.4, -0.2) is 33.2 Å². The molecule has 0 saturated heterocycles. The summed E-state index contributed by atoms with van der Waals surface area (Å²) in [7, 11) is 4.04.